The zero-order valence-corrected chi connectivity index (χ0v) is 18.1. The van der Waals surface area contributed by atoms with Crippen LogP contribution in [0.3, 0.4) is 0 Å². The summed E-state index contributed by atoms with van der Waals surface area (Å²) < 4.78 is 0. The van der Waals surface area contributed by atoms with Gasteiger partial charge in [-0.15, -0.1) is 11.8 Å². The summed E-state index contributed by atoms with van der Waals surface area (Å²) in [7, 11) is 0. The molecule has 1 amide bonds. The molecule has 0 unspecified atom stereocenters. The first-order valence-electron chi connectivity index (χ1n) is 10.7. The Morgan fingerprint density at radius 3 is 2.17 bits per heavy atom. The third-order valence-electron chi connectivity index (χ3n) is 6.21. The van der Waals surface area contributed by atoms with Gasteiger partial charge in [-0.05, 0) is 62.0 Å². The van der Waals surface area contributed by atoms with Crippen molar-refractivity contribution in [1.29, 1.82) is 0 Å². The molecule has 2 aliphatic heterocycles. The van der Waals surface area contributed by atoms with E-state index in [9.17, 15) is 4.79 Å². The number of para-hydroxylation sites is 1. The molecule has 2 aromatic rings. The molecule has 154 valence electrons. The molecule has 2 saturated heterocycles. The Kier molecular flexibility index (Phi) is 6.78. The van der Waals surface area contributed by atoms with Gasteiger partial charge >= 0.3 is 0 Å². The van der Waals surface area contributed by atoms with E-state index in [1.165, 1.54) is 16.1 Å². The van der Waals surface area contributed by atoms with E-state index in [-0.39, 0.29) is 5.92 Å². The minimum absolute atomic E-state index is 0.202. The monoisotopic (exact) mass is 409 g/mol. The molecule has 2 heterocycles. The zero-order valence-electron chi connectivity index (χ0n) is 17.3. The van der Waals surface area contributed by atoms with Gasteiger partial charge in [0.25, 0.3) is 0 Å². The number of thioether (sulfide) groups is 1. The summed E-state index contributed by atoms with van der Waals surface area (Å²) >= 11 is 1.78. The average molecular weight is 410 g/mol. The first kappa shape index (κ1) is 20.3. The van der Waals surface area contributed by atoms with Crippen molar-refractivity contribution in [3.63, 3.8) is 0 Å². The maximum atomic E-state index is 13.0. The molecule has 0 atom stereocenters. The van der Waals surface area contributed by atoms with Crippen LogP contribution in [0.25, 0.3) is 0 Å². The first-order chi connectivity index (χ1) is 14.2. The topological polar surface area (TPSA) is 26.8 Å². The lowest BCUT2D eigenvalue weighted by Gasteiger charge is -2.39. The molecule has 0 N–H and O–H groups in total. The van der Waals surface area contributed by atoms with E-state index in [2.05, 4.69) is 75.6 Å². The van der Waals surface area contributed by atoms with Crippen molar-refractivity contribution in [1.82, 2.24) is 9.80 Å². The first-order valence-corrected chi connectivity index (χ1v) is 11.9. The Morgan fingerprint density at radius 1 is 0.897 bits per heavy atom. The number of nitrogens with zero attached hydrogens (tertiary/aromatic N) is 3. The Labute approximate surface area is 178 Å². The number of rotatable bonds is 5. The van der Waals surface area contributed by atoms with Gasteiger partial charge in [0, 0.05) is 49.2 Å². The summed E-state index contributed by atoms with van der Waals surface area (Å²) in [5.41, 5.74) is 2.63. The van der Waals surface area contributed by atoms with Gasteiger partial charge in [0.2, 0.25) is 5.91 Å². The van der Waals surface area contributed by atoms with Gasteiger partial charge in [-0.3, -0.25) is 9.69 Å². The molecule has 0 saturated carbocycles. The van der Waals surface area contributed by atoms with Gasteiger partial charge in [0.15, 0.2) is 0 Å². The molecule has 0 spiro atoms. The van der Waals surface area contributed by atoms with Crippen molar-refractivity contribution in [2.75, 3.05) is 50.4 Å². The highest BCUT2D eigenvalue weighted by molar-refractivity contribution is 7.98. The van der Waals surface area contributed by atoms with Gasteiger partial charge in [0.1, 0.15) is 0 Å². The number of benzene rings is 2. The number of amides is 1. The maximum Gasteiger partial charge on any atom is 0.225 e. The molecule has 0 radical (unpaired) electrons. The highest BCUT2D eigenvalue weighted by Gasteiger charge is 2.30. The lowest BCUT2D eigenvalue weighted by Crippen LogP contribution is -2.51. The highest BCUT2D eigenvalue weighted by atomic mass is 32.2. The standard InChI is InChI=1S/C24H31N3OS/c1-29-23-9-7-20(8-10-23)19-25-13-11-21(12-14-25)24(28)27-17-15-26(16-18-27)22-5-3-2-4-6-22/h2-10,21H,11-19H2,1H3. The fourth-order valence-electron chi connectivity index (χ4n) is 4.41. The number of carbonyl (C=O) groups excluding carboxylic acids is 1. The average Bonchev–Trinajstić information content (AvgIpc) is 2.80. The van der Waals surface area contributed by atoms with Crippen LogP contribution in [0.5, 0.6) is 0 Å². The second kappa shape index (κ2) is 9.68. The number of carbonyl (C=O) groups is 1. The van der Waals surface area contributed by atoms with E-state index >= 15 is 0 Å². The number of hydrogen-bond donors (Lipinski definition) is 0. The molecule has 2 aliphatic rings. The van der Waals surface area contributed by atoms with Crippen molar-refractivity contribution in [2.24, 2.45) is 5.92 Å². The number of piperazine rings is 1. The van der Waals surface area contributed by atoms with E-state index in [0.717, 1.165) is 58.7 Å². The predicted octanol–water partition coefficient (Wildman–Crippen LogP) is 3.97. The number of anilines is 1. The summed E-state index contributed by atoms with van der Waals surface area (Å²) in [6.45, 7) is 6.58. The Hall–Kier alpha value is -1.98. The predicted molar refractivity (Wildman–Crippen MR) is 121 cm³/mol. The van der Waals surface area contributed by atoms with E-state index in [1.807, 2.05) is 0 Å². The van der Waals surface area contributed by atoms with Gasteiger partial charge in [-0.25, -0.2) is 0 Å². The minimum atomic E-state index is 0.202. The number of piperidine rings is 1. The quantitative estimate of drug-likeness (QED) is 0.698. The second-order valence-electron chi connectivity index (χ2n) is 8.05. The van der Waals surface area contributed by atoms with Crippen molar-refractivity contribution in [3.8, 4) is 0 Å². The van der Waals surface area contributed by atoms with Crippen molar-refractivity contribution in [2.45, 2.75) is 24.3 Å². The van der Waals surface area contributed by atoms with E-state index in [0.29, 0.717) is 5.91 Å². The van der Waals surface area contributed by atoms with E-state index in [1.54, 1.807) is 11.8 Å². The van der Waals surface area contributed by atoms with Crippen LogP contribution in [0.15, 0.2) is 59.5 Å². The summed E-state index contributed by atoms with van der Waals surface area (Å²) in [5.74, 6) is 0.579. The lowest BCUT2D eigenvalue weighted by atomic mass is 9.94. The molecule has 5 heteroatoms. The molecular weight excluding hydrogens is 378 g/mol. The summed E-state index contributed by atoms with van der Waals surface area (Å²) in [5, 5.41) is 0. The molecule has 4 rings (SSSR count). The molecule has 2 aromatic carbocycles. The number of hydrogen-bond acceptors (Lipinski definition) is 4. The SMILES string of the molecule is CSc1ccc(CN2CCC(C(=O)N3CCN(c4ccccc4)CC3)CC2)cc1. The summed E-state index contributed by atoms with van der Waals surface area (Å²) in [6, 6.07) is 19.4. The van der Waals surface area contributed by atoms with Crippen molar-refractivity contribution >= 4 is 23.4 Å². The number of likely N-dealkylation sites (tertiary alicyclic amines) is 1. The molecular formula is C24H31N3OS. The van der Waals surface area contributed by atoms with Crippen molar-refractivity contribution in [3.05, 3.63) is 60.2 Å². The molecule has 4 nitrogen and oxygen atoms in total. The van der Waals surface area contributed by atoms with Crippen molar-refractivity contribution < 1.29 is 4.79 Å². The molecule has 0 aliphatic carbocycles. The molecule has 29 heavy (non-hydrogen) atoms. The van der Waals surface area contributed by atoms with Crippen LogP contribution in [-0.2, 0) is 11.3 Å². The van der Waals surface area contributed by atoms with Gasteiger partial charge in [-0.2, -0.15) is 0 Å². The van der Waals surface area contributed by atoms with E-state index in [4.69, 9.17) is 0 Å². The molecule has 0 aromatic heterocycles. The molecule has 2 fully saturated rings. The third kappa shape index (κ3) is 5.14. The van der Waals surface area contributed by atoms with Crippen LogP contribution < -0.4 is 4.90 Å². The van der Waals surface area contributed by atoms with Crippen LogP contribution >= 0.6 is 11.8 Å². The van der Waals surface area contributed by atoms with Crippen LogP contribution in [0.1, 0.15) is 18.4 Å². The van der Waals surface area contributed by atoms with E-state index < -0.39 is 0 Å². The minimum Gasteiger partial charge on any atom is -0.368 e. The fourth-order valence-corrected chi connectivity index (χ4v) is 4.82. The van der Waals surface area contributed by atoms with Crippen LogP contribution in [-0.4, -0.2) is 61.2 Å². The van der Waals surface area contributed by atoms with Crippen LogP contribution in [0.2, 0.25) is 0 Å². The maximum absolute atomic E-state index is 13.0. The smallest absolute Gasteiger partial charge is 0.225 e. The summed E-state index contributed by atoms with van der Waals surface area (Å²) in [4.78, 5) is 21.3. The lowest BCUT2D eigenvalue weighted by molar-refractivity contribution is -0.137. The largest absolute Gasteiger partial charge is 0.368 e. The zero-order chi connectivity index (χ0) is 20.1. The van der Waals surface area contributed by atoms with Crippen LogP contribution in [0, 0.1) is 5.92 Å². The van der Waals surface area contributed by atoms with Crippen LogP contribution in [0.4, 0.5) is 5.69 Å². The normalized spacial score (nSPS) is 18.8. The molecule has 0 bridgehead atoms. The Bertz CT molecular complexity index is 780. The fraction of sp³-hybridized carbons (Fsp3) is 0.458. The third-order valence-corrected chi connectivity index (χ3v) is 6.96. The van der Waals surface area contributed by atoms with Gasteiger partial charge in [-0.1, -0.05) is 30.3 Å². The highest BCUT2D eigenvalue weighted by Crippen LogP contribution is 2.24. The van der Waals surface area contributed by atoms with Gasteiger partial charge < -0.3 is 9.80 Å². The second-order valence-corrected chi connectivity index (χ2v) is 8.93. The Balaban J connectivity index is 1.23. The Morgan fingerprint density at radius 2 is 1.55 bits per heavy atom. The summed E-state index contributed by atoms with van der Waals surface area (Å²) in [6.07, 6.45) is 4.08. The van der Waals surface area contributed by atoms with Gasteiger partial charge in [0.05, 0.1) is 0 Å².